The molecule has 1 aliphatic carbocycles. The summed E-state index contributed by atoms with van der Waals surface area (Å²) in [6.07, 6.45) is -4.67. The van der Waals surface area contributed by atoms with E-state index in [-0.39, 0.29) is 39.5 Å². The fraction of sp³-hybridized carbons (Fsp3) is 0.292. The number of nitrogens with one attached hydrogen (secondary N) is 1. The van der Waals surface area contributed by atoms with Gasteiger partial charge in [0.15, 0.2) is 0 Å². The summed E-state index contributed by atoms with van der Waals surface area (Å²) in [5.41, 5.74) is -2.73. The molecule has 0 spiro atoms. The van der Waals surface area contributed by atoms with Crippen LogP contribution in [0, 0.1) is 5.92 Å². The van der Waals surface area contributed by atoms with Gasteiger partial charge in [-0.05, 0) is 49.9 Å². The molecule has 1 aliphatic rings. The largest absolute Gasteiger partial charge is 0.438 e. The number of ether oxygens (including phenoxy) is 2. The van der Waals surface area contributed by atoms with E-state index >= 15 is 0 Å². The van der Waals surface area contributed by atoms with Crippen molar-refractivity contribution >= 4 is 29.3 Å². The Balaban J connectivity index is 1.73. The van der Waals surface area contributed by atoms with Crippen molar-refractivity contribution in [3.63, 3.8) is 0 Å². The number of halogens is 5. The van der Waals surface area contributed by atoms with E-state index in [1.54, 1.807) is 18.2 Å². The molecule has 2 aromatic carbocycles. The predicted octanol–water partition coefficient (Wildman–Crippen LogP) is 6.51. The molecular formula is C24H20Cl2F3N3O4. The van der Waals surface area contributed by atoms with Crippen molar-refractivity contribution in [2.75, 3.05) is 6.54 Å². The minimum Gasteiger partial charge on any atom is -0.437 e. The maximum absolute atomic E-state index is 13.9. The van der Waals surface area contributed by atoms with Crippen molar-refractivity contribution in [3.05, 3.63) is 64.3 Å². The molecule has 1 amide bonds. The van der Waals surface area contributed by atoms with Gasteiger partial charge in [-0.25, -0.2) is 14.8 Å². The lowest BCUT2D eigenvalue weighted by molar-refractivity contribution is -0.142. The Labute approximate surface area is 214 Å². The number of benzene rings is 2. The normalized spacial score (nSPS) is 15.2. The van der Waals surface area contributed by atoms with E-state index in [2.05, 4.69) is 15.3 Å². The third kappa shape index (κ3) is 6.18. The number of aliphatic hydroxyl groups is 1. The highest BCUT2D eigenvalue weighted by atomic mass is 35.5. The minimum atomic E-state index is -5.03. The number of rotatable bonds is 7. The fourth-order valence-corrected chi connectivity index (χ4v) is 3.69. The number of hydrogen-bond donors (Lipinski definition) is 2. The standard InChI is InChI=1S/C24H20Cl2F3N3O4/c1-23(34,14-8-9-14)12-30-22(33)36-21-19(24(27,28)29)32-20(35-15-5-3-2-4-6-15)18(31-21)13-7-10-16(25)17(26)11-13/h2-7,10-11,14,34H,8-9,12H2,1H3,(H,30,33). The van der Waals surface area contributed by atoms with Gasteiger partial charge in [-0.15, -0.1) is 0 Å². The van der Waals surface area contributed by atoms with Gasteiger partial charge in [0.2, 0.25) is 11.6 Å². The van der Waals surface area contributed by atoms with Gasteiger partial charge < -0.3 is 19.9 Å². The molecule has 4 rings (SSSR count). The molecule has 1 fully saturated rings. The first-order chi connectivity index (χ1) is 16.9. The van der Waals surface area contributed by atoms with E-state index in [1.807, 2.05) is 0 Å². The van der Waals surface area contributed by atoms with Crippen molar-refractivity contribution < 1.29 is 32.5 Å². The zero-order valence-electron chi connectivity index (χ0n) is 18.8. The molecule has 12 heteroatoms. The molecule has 1 atom stereocenters. The van der Waals surface area contributed by atoms with Crippen LogP contribution in [0.3, 0.4) is 0 Å². The van der Waals surface area contributed by atoms with Crippen molar-refractivity contribution in [2.45, 2.75) is 31.5 Å². The molecule has 3 aromatic rings. The van der Waals surface area contributed by atoms with E-state index in [4.69, 9.17) is 32.7 Å². The highest BCUT2D eigenvalue weighted by molar-refractivity contribution is 6.42. The number of para-hydroxylation sites is 1. The van der Waals surface area contributed by atoms with Crippen LogP contribution in [0.25, 0.3) is 11.3 Å². The Morgan fingerprint density at radius 1 is 1.08 bits per heavy atom. The van der Waals surface area contributed by atoms with Crippen LogP contribution in [0.5, 0.6) is 17.5 Å². The summed E-state index contributed by atoms with van der Waals surface area (Å²) in [6, 6.07) is 12.3. The van der Waals surface area contributed by atoms with Gasteiger partial charge in [-0.3, -0.25) is 0 Å². The molecule has 0 radical (unpaired) electrons. The SMILES string of the molecule is CC(O)(CNC(=O)Oc1nc(-c2ccc(Cl)c(Cl)c2)c(Oc2ccccc2)nc1C(F)(F)F)C1CC1. The lowest BCUT2D eigenvalue weighted by atomic mass is 10.0. The monoisotopic (exact) mass is 541 g/mol. The Bertz CT molecular complexity index is 1270. The number of alkyl halides is 3. The van der Waals surface area contributed by atoms with Gasteiger partial charge in [-0.2, -0.15) is 13.2 Å². The van der Waals surface area contributed by atoms with Gasteiger partial charge in [0.25, 0.3) is 5.88 Å². The predicted molar refractivity (Wildman–Crippen MR) is 126 cm³/mol. The van der Waals surface area contributed by atoms with Crippen LogP contribution in [0.15, 0.2) is 48.5 Å². The van der Waals surface area contributed by atoms with Crippen molar-refractivity contribution in [1.82, 2.24) is 15.3 Å². The highest BCUT2D eigenvalue weighted by Gasteiger charge is 2.42. The second kappa shape index (κ2) is 10.1. The van der Waals surface area contributed by atoms with Crippen molar-refractivity contribution in [2.24, 2.45) is 5.92 Å². The number of carbonyl (C=O) groups excluding carboxylic acids is 1. The molecular weight excluding hydrogens is 522 g/mol. The van der Waals surface area contributed by atoms with Crippen LogP contribution in [0.1, 0.15) is 25.5 Å². The highest BCUT2D eigenvalue weighted by Crippen LogP contribution is 2.41. The number of carbonyl (C=O) groups is 1. The average molecular weight is 542 g/mol. The maximum Gasteiger partial charge on any atom is 0.438 e. The number of amides is 1. The second-order valence-corrected chi connectivity index (χ2v) is 9.26. The zero-order valence-corrected chi connectivity index (χ0v) is 20.3. The van der Waals surface area contributed by atoms with Crippen molar-refractivity contribution in [3.8, 4) is 28.8 Å². The molecule has 36 heavy (non-hydrogen) atoms. The van der Waals surface area contributed by atoms with Crippen LogP contribution in [-0.4, -0.2) is 33.3 Å². The zero-order chi connectivity index (χ0) is 26.1. The maximum atomic E-state index is 13.9. The summed E-state index contributed by atoms with van der Waals surface area (Å²) in [5.74, 6) is -1.38. The van der Waals surface area contributed by atoms with Crippen molar-refractivity contribution in [1.29, 1.82) is 0 Å². The quantitative estimate of drug-likeness (QED) is 0.354. The second-order valence-electron chi connectivity index (χ2n) is 8.45. The van der Waals surface area contributed by atoms with Gasteiger partial charge in [0.05, 0.1) is 15.6 Å². The number of hydrogen-bond acceptors (Lipinski definition) is 6. The minimum absolute atomic E-state index is 0.000924. The van der Waals surface area contributed by atoms with Gasteiger partial charge in [-0.1, -0.05) is 47.5 Å². The lowest BCUT2D eigenvalue weighted by Gasteiger charge is -2.23. The first kappa shape index (κ1) is 26.0. The summed E-state index contributed by atoms with van der Waals surface area (Å²) in [6.45, 7) is 1.32. The number of aromatic nitrogens is 2. The Hall–Kier alpha value is -3.08. The third-order valence-electron chi connectivity index (χ3n) is 5.49. The van der Waals surface area contributed by atoms with Gasteiger partial charge >= 0.3 is 12.3 Å². The Kier molecular flexibility index (Phi) is 7.31. The third-order valence-corrected chi connectivity index (χ3v) is 6.23. The van der Waals surface area contributed by atoms with E-state index in [0.717, 1.165) is 12.8 Å². The average Bonchev–Trinajstić information content (AvgIpc) is 3.67. The summed E-state index contributed by atoms with van der Waals surface area (Å²) >= 11 is 12.1. The summed E-state index contributed by atoms with van der Waals surface area (Å²) in [7, 11) is 0. The molecule has 7 nitrogen and oxygen atoms in total. The van der Waals surface area contributed by atoms with Crippen LogP contribution in [0.2, 0.25) is 10.0 Å². The molecule has 1 saturated carbocycles. The molecule has 0 bridgehead atoms. The molecule has 2 N–H and O–H groups in total. The van der Waals surface area contributed by atoms with Crippen LogP contribution in [-0.2, 0) is 6.18 Å². The topological polar surface area (TPSA) is 93.6 Å². The van der Waals surface area contributed by atoms with Crippen LogP contribution >= 0.6 is 23.2 Å². The summed E-state index contributed by atoms with van der Waals surface area (Å²) in [5, 5.41) is 13.0. The molecule has 1 heterocycles. The first-order valence-electron chi connectivity index (χ1n) is 10.8. The van der Waals surface area contributed by atoms with E-state index in [9.17, 15) is 23.1 Å². The molecule has 0 saturated heterocycles. The van der Waals surface area contributed by atoms with Gasteiger partial charge in [0.1, 0.15) is 11.4 Å². The van der Waals surface area contributed by atoms with E-state index in [0.29, 0.717) is 0 Å². The van der Waals surface area contributed by atoms with Crippen LogP contribution in [0.4, 0.5) is 18.0 Å². The molecule has 1 aromatic heterocycles. The Morgan fingerprint density at radius 3 is 2.39 bits per heavy atom. The smallest absolute Gasteiger partial charge is 0.437 e. The first-order valence-corrected chi connectivity index (χ1v) is 11.6. The fourth-order valence-electron chi connectivity index (χ4n) is 3.39. The molecule has 1 unspecified atom stereocenters. The van der Waals surface area contributed by atoms with Gasteiger partial charge in [0, 0.05) is 12.1 Å². The summed E-state index contributed by atoms with van der Waals surface area (Å²) in [4.78, 5) is 19.9. The summed E-state index contributed by atoms with van der Waals surface area (Å²) < 4.78 is 52.3. The molecule has 190 valence electrons. The Morgan fingerprint density at radius 2 is 1.78 bits per heavy atom. The number of nitrogens with zero attached hydrogens (tertiary/aromatic N) is 2. The lowest BCUT2D eigenvalue weighted by Crippen LogP contribution is -2.43. The van der Waals surface area contributed by atoms with E-state index < -0.39 is 35.3 Å². The molecule has 0 aliphatic heterocycles. The van der Waals surface area contributed by atoms with Crippen LogP contribution < -0.4 is 14.8 Å². The van der Waals surface area contributed by atoms with E-state index in [1.165, 1.54) is 37.3 Å².